The number of fused-ring (bicyclic) bond motifs is 5. The van der Waals surface area contributed by atoms with E-state index in [9.17, 15) is 4.79 Å². The Kier molecular flexibility index (Phi) is 4.91. The Labute approximate surface area is 160 Å². The number of carbonyl (C=O) groups is 1. The van der Waals surface area contributed by atoms with Crippen LogP contribution in [-0.4, -0.2) is 24.7 Å². The first-order valence-electron chi connectivity index (χ1n) is 11.3. The zero-order valence-electron chi connectivity index (χ0n) is 17.4. The Hall–Kier alpha value is -0.570. The van der Waals surface area contributed by atoms with Gasteiger partial charge in [0.2, 0.25) is 5.91 Å². The summed E-state index contributed by atoms with van der Waals surface area (Å²) < 4.78 is 6.45. The topological polar surface area (TPSA) is 38.3 Å². The van der Waals surface area contributed by atoms with Gasteiger partial charge in [-0.15, -0.1) is 0 Å². The standard InChI is InChI=1S/C23H39NO2/c1-15(2)11-14-26-20-8-6-17-16-5-7-19-22(3,13-10-21(25)24-19)18(16)9-12-23(17,20)4/h15-20H,5-14H2,1-4H3,(H,24,25)/t16-,17-,18+,19?,20?,22+,23-/m0/s1. The molecule has 7 atom stereocenters. The summed E-state index contributed by atoms with van der Waals surface area (Å²) in [6, 6.07) is 0.425. The zero-order valence-corrected chi connectivity index (χ0v) is 17.4. The molecule has 4 fully saturated rings. The third kappa shape index (κ3) is 2.93. The van der Waals surface area contributed by atoms with Crippen molar-refractivity contribution in [1.29, 1.82) is 0 Å². The number of hydrogen-bond acceptors (Lipinski definition) is 2. The average Bonchev–Trinajstić information content (AvgIpc) is 2.92. The fraction of sp³-hybridized carbons (Fsp3) is 0.957. The van der Waals surface area contributed by atoms with E-state index in [1.54, 1.807) is 0 Å². The van der Waals surface area contributed by atoms with E-state index in [0.29, 0.717) is 23.0 Å². The monoisotopic (exact) mass is 361 g/mol. The van der Waals surface area contributed by atoms with Gasteiger partial charge in [0.25, 0.3) is 0 Å². The maximum absolute atomic E-state index is 11.9. The normalized spacial score (nSPS) is 47.9. The van der Waals surface area contributed by atoms with Crippen molar-refractivity contribution in [2.75, 3.05) is 6.61 Å². The second kappa shape index (κ2) is 6.79. The molecule has 2 unspecified atom stereocenters. The molecular weight excluding hydrogens is 322 g/mol. The van der Waals surface area contributed by atoms with Gasteiger partial charge < -0.3 is 10.1 Å². The Morgan fingerprint density at radius 2 is 1.81 bits per heavy atom. The van der Waals surface area contributed by atoms with E-state index in [0.717, 1.165) is 43.1 Å². The highest BCUT2D eigenvalue weighted by molar-refractivity contribution is 5.77. The zero-order chi connectivity index (χ0) is 18.5. The molecule has 1 heterocycles. The van der Waals surface area contributed by atoms with Crippen LogP contribution in [0.2, 0.25) is 0 Å². The second-order valence-corrected chi connectivity index (χ2v) is 10.7. The van der Waals surface area contributed by atoms with Crippen LogP contribution in [0.3, 0.4) is 0 Å². The lowest BCUT2D eigenvalue weighted by Gasteiger charge is -2.60. The number of hydrogen-bond donors (Lipinski definition) is 1. The van der Waals surface area contributed by atoms with Crippen molar-refractivity contribution >= 4 is 5.91 Å². The molecule has 148 valence electrons. The highest BCUT2D eigenvalue weighted by Crippen LogP contribution is 2.64. The van der Waals surface area contributed by atoms with Gasteiger partial charge in [-0.3, -0.25) is 4.79 Å². The fourth-order valence-corrected chi connectivity index (χ4v) is 7.37. The highest BCUT2D eigenvalue weighted by atomic mass is 16.5. The van der Waals surface area contributed by atoms with Crippen molar-refractivity contribution in [3.05, 3.63) is 0 Å². The van der Waals surface area contributed by atoms with Crippen LogP contribution in [0.5, 0.6) is 0 Å². The van der Waals surface area contributed by atoms with Gasteiger partial charge in [0.05, 0.1) is 6.10 Å². The number of carbonyl (C=O) groups excluding carboxylic acids is 1. The second-order valence-electron chi connectivity index (χ2n) is 10.7. The molecule has 4 rings (SSSR count). The number of nitrogens with one attached hydrogen (secondary N) is 1. The molecule has 0 radical (unpaired) electrons. The maximum Gasteiger partial charge on any atom is 0.220 e. The molecule has 3 aliphatic carbocycles. The van der Waals surface area contributed by atoms with Gasteiger partial charge in [-0.2, -0.15) is 0 Å². The predicted octanol–water partition coefficient (Wildman–Crippen LogP) is 4.94. The summed E-state index contributed by atoms with van der Waals surface area (Å²) >= 11 is 0. The molecular formula is C23H39NO2. The SMILES string of the molecule is CC(C)CCOC1CC[C@H]2[C@@H]3CCC4NC(=O)CC[C@]4(C)[C@@H]3CC[C@]12C. The first-order chi connectivity index (χ1) is 12.3. The fourth-order valence-electron chi connectivity index (χ4n) is 7.37. The predicted molar refractivity (Wildman–Crippen MR) is 105 cm³/mol. The van der Waals surface area contributed by atoms with Crippen molar-refractivity contribution in [2.24, 2.45) is 34.5 Å². The smallest absolute Gasteiger partial charge is 0.220 e. The van der Waals surface area contributed by atoms with E-state index in [4.69, 9.17) is 4.74 Å². The van der Waals surface area contributed by atoms with Gasteiger partial charge in [-0.1, -0.05) is 27.7 Å². The van der Waals surface area contributed by atoms with Crippen LogP contribution < -0.4 is 5.32 Å². The first-order valence-corrected chi connectivity index (χ1v) is 11.3. The highest BCUT2D eigenvalue weighted by Gasteiger charge is 2.60. The summed E-state index contributed by atoms with van der Waals surface area (Å²) in [6.45, 7) is 10.5. The number of piperidine rings is 1. The Morgan fingerprint density at radius 3 is 2.58 bits per heavy atom. The van der Waals surface area contributed by atoms with Crippen molar-refractivity contribution in [1.82, 2.24) is 5.32 Å². The minimum absolute atomic E-state index is 0.283. The molecule has 4 aliphatic rings. The van der Waals surface area contributed by atoms with Gasteiger partial charge in [-0.25, -0.2) is 0 Å². The molecule has 0 aromatic rings. The van der Waals surface area contributed by atoms with Crippen LogP contribution in [0.15, 0.2) is 0 Å². The van der Waals surface area contributed by atoms with Crippen LogP contribution in [-0.2, 0) is 9.53 Å². The Morgan fingerprint density at radius 1 is 1.04 bits per heavy atom. The molecule has 0 aromatic heterocycles. The first kappa shape index (κ1) is 18.8. The van der Waals surface area contributed by atoms with E-state index < -0.39 is 0 Å². The molecule has 1 saturated heterocycles. The molecule has 1 aliphatic heterocycles. The minimum Gasteiger partial charge on any atom is -0.378 e. The van der Waals surface area contributed by atoms with E-state index >= 15 is 0 Å². The van der Waals surface area contributed by atoms with Crippen molar-refractivity contribution in [2.45, 2.75) is 97.6 Å². The van der Waals surface area contributed by atoms with E-state index in [2.05, 4.69) is 33.0 Å². The molecule has 0 spiro atoms. The lowest BCUT2D eigenvalue weighted by Crippen LogP contribution is -2.61. The number of rotatable bonds is 4. The van der Waals surface area contributed by atoms with Crippen molar-refractivity contribution in [3.8, 4) is 0 Å². The summed E-state index contributed by atoms with van der Waals surface area (Å²) in [4.78, 5) is 11.9. The van der Waals surface area contributed by atoms with Crippen LogP contribution in [0.4, 0.5) is 0 Å². The van der Waals surface area contributed by atoms with Crippen molar-refractivity contribution in [3.63, 3.8) is 0 Å². The van der Waals surface area contributed by atoms with E-state index in [-0.39, 0.29) is 5.91 Å². The van der Waals surface area contributed by atoms with Gasteiger partial charge in [0.1, 0.15) is 0 Å². The van der Waals surface area contributed by atoms with E-state index in [1.165, 1.54) is 44.9 Å². The molecule has 0 aromatic carbocycles. The molecule has 3 heteroatoms. The van der Waals surface area contributed by atoms with Gasteiger partial charge in [0, 0.05) is 19.1 Å². The van der Waals surface area contributed by atoms with Gasteiger partial charge in [-0.05, 0) is 85.9 Å². The molecule has 3 nitrogen and oxygen atoms in total. The lowest BCUT2D eigenvalue weighted by molar-refractivity contribution is -0.141. The number of ether oxygens (including phenoxy) is 1. The molecule has 1 amide bonds. The van der Waals surface area contributed by atoms with Crippen LogP contribution >= 0.6 is 0 Å². The maximum atomic E-state index is 11.9. The summed E-state index contributed by atoms with van der Waals surface area (Å²) in [5.41, 5.74) is 0.716. The molecule has 26 heavy (non-hydrogen) atoms. The Balaban J connectivity index is 1.48. The van der Waals surface area contributed by atoms with Gasteiger partial charge in [0.15, 0.2) is 0 Å². The Bertz CT molecular complexity index is 546. The third-order valence-corrected chi connectivity index (χ3v) is 9.02. The summed E-state index contributed by atoms with van der Waals surface area (Å²) in [5.74, 6) is 3.50. The van der Waals surface area contributed by atoms with Crippen molar-refractivity contribution < 1.29 is 9.53 Å². The van der Waals surface area contributed by atoms with Crippen LogP contribution in [0, 0.1) is 34.5 Å². The average molecular weight is 362 g/mol. The lowest BCUT2D eigenvalue weighted by atomic mass is 9.47. The van der Waals surface area contributed by atoms with Crippen LogP contribution in [0.1, 0.15) is 85.5 Å². The van der Waals surface area contributed by atoms with E-state index in [1.807, 2.05) is 0 Å². The minimum atomic E-state index is 0.283. The third-order valence-electron chi connectivity index (χ3n) is 9.02. The summed E-state index contributed by atoms with van der Waals surface area (Å²) in [7, 11) is 0. The molecule has 1 N–H and O–H groups in total. The molecule has 3 saturated carbocycles. The quantitative estimate of drug-likeness (QED) is 0.770. The summed E-state index contributed by atoms with van der Waals surface area (Å²) in [6.07, 6.45) is 11.3. The van der Waals surface area contributed by atoms with Gasteiger partial charge >= 0.3 is 0 Å². The summed E-state index contributed by atoms with van der Waals surface area (Å²) in [5, 5.41) is 3.34. The molecule has 0 bridgehead atoms. The van der Waals surface area contributed by atoms with Crippen LogP contribution in [0.25, 0.3) is 0 Å². The largest absolute Gasteiger partial charge is 0.378 e. The number of amides is 1.